The van der Waals surface area contributed by atoms with Crippen LogP contribution in [-0.2, 0) is 12.0 Å². The summed E-state index contributed by atoms with van der Waals surface area (Å²) in [5, 5.41) is 3.63. The lowest BCUT2D eigenvalue weighted by Crippen LogP contribution is -2.36. The first-order valence-electron chi connectivity index (χ1n) is 4.74. The Morgan fingerprint density at radius 1 is 1.15 bits per heavy atom. The van der Waals surface area contributed by atoms with Gasteiger partial charge >= 0.3 is 0 Å². The van der Waals surface area contributed by atoms with Gasteiger partial charge in [0.2, 0.25) is 0 Å². The first kappa shape index (κ1) is 9.04. The van der Waals surface area contributed by atoms with Gasteiger partial charge in [-0.1, -0.05) is 24.3 Å². The van der Waals surface area contributed by atoms with Gasteiger partial charge in [0.15, 0.2) is 0 Å². The van der Waals surface area contributed by atoms with Gasteiger partial charge in [-0.15, -0.1) is 12.4 Å². The van der Waals surface area contributed by atoms with Crippen LogP contribution in [0.3, 0.4) is 0 Å². The normalized spacial score (nSPS) is 21.8. The van der Waals surface area contributed by atoms with E-state index in [1.54, 1.807) is 11.1 Å². The van der Waals surface area contributed by atoms with Crippen LogP contribution in [0.15, 0.2) is 24.3 Å². The Morgan fingerprint density at radius 2 is 1.92 bits per heavy atom. The predicted octanol–water partition coefficient (Wildman–Crippen LogP) is 2.24. The first-order valence-corrected chi connectivity index (χ1v) is 4.74. The molecule has 0 bridgehead atoms. The Balaban J connectivity index is 0.000000653. The van der Waals surface area contributed by atoms with E-state index in [9.17, 15) is 0 Å². The van der Waals surface area contributed by atoms with E-state index in [1.807, 2.05) is 0 Å². The average Bonchev–Trinajstić information content (AvgIpc) is 2.87. The molecule has 0 aromatic heterocycles. The molecule has 2 heteroatoms. The van der Waals surface area contributed by atoms with Gasteiger partial charge in [0.05, 0.1) is 0 Å². The highest BCUT2D eigenvalue weighted by molar-refractivity contribution is 5.85. The van der Waals surface area contributed by atoms with E-state index in [-0.39, 0.29) is 12.4 Å². The lowest BCUT2D eigenvalue weighted by molar-refractivity contribution is 0.489. The van der Waals surface area contributed by atoms with Gasteiger partial charge in [-0.25, -0.2) is 0 Å². The van der Waals surface area contributed by atoms with Crippen molar-refractivity contribution in [2.75, 3.05) is 6.54 Å². The zero-order valence-electron chi connectivity index (χ0n) is 7.55. The smallest absolute Gasteiger partial charge is 0.0439 e. The minimum atomic E-state index is 0. The second-order valence-corrected chi connectivity index (χ2v) is 3.92. The molecule has 1 N–H and O–H groups in total. The summed E-state index contributed by atoms with van der Waals surface area (Å²) in [6.45, 7) is 1.16. The Labute approximate surface area is 84.9 Å². The summed E-state index contributed by atoms with van der Waals surface area (Å²) in [6, 6.07) is 8.87. The average molecular weight is 196 g/mol. The molecule has 0 saturated heterocycles. The standard InChI is InChI=1S/C11H13N.ClH/c1-2-4-10-9(3-1)5-8-12-11(10)6-7-11;/h1-4,12H,5-8H2;1H. The van der Waals surface area contributed by atoms with Crippen LogP contribution in [0.1, 0.15) is 24.0 Å². The third kappa shape index (κ3) is 1.27. The highest BCUT2D eigenvalue weighted by Crippen LogP contribution is 2.48. The van der Waals surface area contributed by atoms with Crippen molar-refractivity contribution in [3.8, 4) is 0 Å². The van der Waals surface area contributed by atoms with Crippen LogP contribution < -0.4 is 5.32 Å². The van der Waals surface area contributed by atoms with Crippen molar-refractivity contribution in [2.45, 2.75) is 24.8 Å². The largest absolute Gasteiger partial charge is 0.307 e. The lowest BCUT2D eigenvalue weighted by Gasteiger charge is -2.26. The summed E-state index contributed by atoms with van der Waals surface area (Å²) in [6.07, 6.45) is 3.88. The Hall–Kier alpha value is -0.530. The van der Waals surface area contributed by atoms with E-state index in [0.29, 0.717) is 5.54 Å². The Bertz CT molecular complexity index is 318. The molecule has 1 fully saturated rings. The molecule has 70 valence electrons. The van der Waals surface area contributed by atoms with Crippen LogP contribution >= 0.6 is 12.4 Å². The summed E-state index contributed by atoms with van der Waals surface area (Å²) in [5.74, 6) is 0. The quantitative estimate of drug-likeness (QED) is 0.670. The highest BCUT2D eigenvalue weighted by Gasteiger charge is 2.46. The molecule has 1 aromatic carbocycles. The molecule has 13 heavy (non-hydrogen) atoms. The van der Waals surface area contributed by atoms with Gasteiger partial charge in [0.1, 0.15) is 0 Å². The summed E-state index contributed by atoms with van der Waals surface area (Å²) in [4.78, 5) is 0. The van der Waals surface area contributed by atoms with Gasteiger partial charge in [0, 0.05) is 12.1 Å². The number of nitrogens with one attached hydrogen (secondary N) is 1. The van der Waals surface area contributed by atoms with Gasteiger partial charge in [-0.05, 0) is 30.4 Å². The van der Waals surface area contributed by atoms with Gasteiger partial charge in [-0.3, -0.25) is 0 Å². The molecular weight excluding hydrogens is 182 g/mol. The maximum absolute atomic E-state index is 3.63. The van der Waals surface area contributed by atoms with Crippen LogP contribution in [0.5, 0.6) is 0 Å². The number of rotatable bonds is 0. The van der Waals surface area contributed by atoms with Crippen LogP contribution in [-0.4, -0.2) is 6.54 Å². The molecule has 2 aliphatic rings. The van der Waals surface area contributed by atoms with Crippen molar-refractivity contribution in [2.24, 2.45) is 0 Å². The Kier molecular flexibility index (Phi) is 2.09. The lowest BCUT2D eigenvalue weighted by atomic mass is 9.93. The Morgan fingerprint density at radius 3 is 2.69 bits per heavy atom. The number of fused-ring (bicyclic) bond motifs is 2. The molecule has 0 radical (unpaired) electrons. The summed E-state index contributed by atoms with van der Waals surface area (Å²) in [7, 11) is 0. The fourth-order valence-corrected chi connectivity index (χ4v) is 2.31. The van der Waals surface area contributed by atoms with Crippen molar-refractivity contribution in [3.05, 3.63) is 35.4 Å². The van der Waals surface area contributed by atoms with Crippen LogP contribution in [0, 0.1) is 0 Å². The summed E-state index contributed by atoms with van der Waals surface area (Å²) in [5.41, 5.74) is 3.54. The monoisotopic (exact) mass is 195 g/mol. The number of benzene rings is 1. The van der Waals surface area contributed by atoms with E-state index in [4.69, 9.17) is 0 Å². The van der Waals surface area contributed by atoms with Crippen LogP contribution in [0.25, 0.3) is 0 Å². The van der Waals surface area contributed by atoms with E-state index in [0.717, 1.165) is 6.54 Å². The fourth-order valence-electron chi connectivity index (χ4n) is 2.31. The molecule has 0 amide bonds. The van der Waals surface area contributed by atoms with E-state index >= 15 is 0 Å². The topological polar surface area (TPSA) is 12.0 Å². The van der Waals surface area contributed by atoms with Crippen LogP contribution in [0.2, 0.25) is 0 Å². The zero-order chi connectivity index (χ0) is 8.02. The predicted molar refractivity (Wildman–Crippen MR) is 56.3 cm³/mol. The molecule has 1 aliphatic carbocycles. The van der Waals surface area contributed by atoms with Gasteiger partial charge < -0.3 is 5.32 Å². The van der Waals surface area contributed by atoms with Crippen molar-refractivity contribution < 1.29 is 0 Å². The number of hydrogen-bond donors (Lipinski definition) is 1. The third-order valence-electron chi connectivity index (χ3n) is 3.14. The molecule has 1 nitrogen and oxygen atoms in total. The van der Waals surface area contributed by atoms with E-state index in [1.165, 1.54) is 19.3 Å². The first-order chi connectivity index (χ1) is 5.91. The molecule has 1 saturated carbocycles. The van der Waals surface area contributed by atoms with E-state index < -0.39 is 0 Å². The number of halogens is 1. The second-order valence-electron chi connectivity index (χ2n) is 3.92. The van der Waals surface area contributed by atoms with Crippen LogP contribution in [0.4, 0.5) is 0 Å². The third-order valence-corrected chi connectivity index (χ3v) is 3.14. The highest BCUT2D eigenvalue weighted by atomic mass is 35.5. The number of hydrogen-bond acceptors (Lipinski definition) is 1. The maximum atomic E-state index is 3.63. The molecule has 1 aromatic rings. The molecule has 1 aliphatic heterocycles. The SMILES string of the molecule is Cl.c1ccc2c(c1)CCNC21CC1. The van der Waals surface area contributed by atoms with Gasteiger partial charge in [-0.2, -0.15) is 0 Å². The molecule has 0 unspecified atom stereocenters. The summed E-state index contributed by atoms with van der Waals surface area (Å²) < 4.78 is 0. The molecule has 1 heterocycles. The van der Waals surface area contributed by atoms with Crippen molar-refractivity contribution in [1.29, 1.82) is 0 Å². The minimum Gasteiger partial charge on any atom is -0.307 e. The maximum Gasteiger partial charge on any atom is 0.0439 e. The van der Waals surface area contributed by atoms with Crippen molar-refractivity contribution in [3.63, 3.8) is 0 Å². The molecule has 1 spiro atoms. The molecular formula is C11H14ClN. The second kappa shape index (κ2) is 3.00. The molecule has 0 atom stereocenters. The van der Waals surface area contributed by atoms with Crippen molar-refractivity contribution >= 4 is 12.4 Å². The minimum absolute atomic E-state index is 0. The molecule has 3 rings (SSSR count). The zero-order valence-corrected chi connectivity index (χ0v) is 8.36. The fraction of sp³-hybridized carbons (Fsp3) is 0.455. The summed E-state index contributed by atoms with van der Waals surface area (Å²) >= 11 is 0. The van der Waals surface area contributed by atoms with Crippen molar-refractivity contribution in [1.82, 2.24) is 5.32 Å². The van der Waals surface area contributed by atoms with Gasteiger partial charge in [0.25, 0.3) is 0 Å². The van der Waals surface area contributed by atoms with E-state index in [2.05, 4.69) is 29.6 Å².